The average molecular weight is 382 g/mol. The lowest BCUT2D eigenvalue weighted by Gasteiger charge is -2.13. The third-order valence-electron chi connectivity index (χ3n) is 3.97. The van der Waals surface area contributed by atoms with E-state index in [9.17, 15) is 4.79 Å². The van der Waals surface area contributed by atoms with Crippen molar-refractivity contribution < 1.29 is 9.53 Å². The molecular weight excluding hydrogens is 358 g/mol. The number of benzene rings is 2. The predicted octanol–water partition coefficient (Wildman–Crippen LogP) is 4.92. The van der Waals surface area contributed by atoms with E-state index in [2.05, 4.69) is 17.2 Å². The first-order valence-corrected chi connectivity index (χ1v) is 9.72. The summed E-state index contributed by atoms with van der Waals surface area (Å²) in [5, 5.41) is 5.40. The number of hydrogen-bond donors (Lipinski definition) is 1. The molecule has 1 N–H and O–H groups in total. The molecule has 0 spiro atoms. The Morgan fingerprint density at radius 1 is 1.19 bits per heavy atom. The molecule has 6 heteroatoms. The zero-order chi connectivity index (χ0) is 19.2. The molecule has 140 valence electrons. The van der Waals surface area contributed by atoms with Gasteiger partial charge in [-0.05, 0) is 48.9 Å². The molecule has 2 aromatic carbocycles. The maximum atomic E-state index is 12.5. The van der Waals surface area contributed by atoms with Crippen molar-refractivity contribution >= 4 is 28.1 Å². The van der Waals surface area contributed by atoms with Crippen molar-refractivity contribution in [2.45, 2.75) is 13.3 Å². The second-order valence-corrected chi connectivity index (χ2v) is 7.17. The van der Waals surface area contributed by atoms with E-state index in [0.717, 1.165) is 29.1 Å². The molecule has 0 aliphatic rings. The standard InChI is InChI=1S/C21H23N3O2S/c1-4-12-26-18-10-8-15(9-11-18)19-14-27-21(22-19)23-20(25)16-6-5-7-17(13-16)24(2)3/h5-11,13-14H,4,12H2,1-3H3,(H,22,23,25). The molecule has 1 aromatic heterocycles. The summed E-state index contributed by atoms with van der Waals surface area (Å²) in [6, 6.07) is 15.3. The number of thiazole rings is 1. The van der Waals surface area contributed by atoms with Crippen LogP contribution in [0.4, 0.5) is 10.8 Å². The lowest BCUT2D eigenvalue weighted by Crippen LogP contribution is -2.14. The third-order valence-corrected chi connectivity index (χ3v) is 4.73. The number of aromatic nitrogens is 1. The number of carbonyl (C=O) groups is 1. The summed E-state index contributed by atoms with van der Waals surface area (Å²) in [4.78, 5) is 19.0. The van der Waals surface area contributed by atoms with Crippen LogP contribution in [0.2, 0.25) is 0 Å². The van der Waals surface area contributed by atoms with E-state index in [4.69, 9.17) is 4.74 Å². The van der Waals surface area contributed by atoms with Crippen molar-refractivity contribution in [2.24, 2.45) is 0 Å². The quantitative estimate of drug-likeness (QED) is 0.631. The third kappa shape index (κ3) is 4.86. The van der Waals surface area contributed by atoms with E-state index in [-0.39, 0.29) is 5.91 Å². The van der Waals surface area contributed by atoms with Gasteiger partial charge < -0.3 is 9.64 Å². The van der Waals surface area contributed by atoms with Gasteiger partial charge in [-0.1, -0.05) is 13.0 Å². The monoisotopic (exact) mass is 381 g/mol. The highest BCUT2D eigenvalue weighted by molar-refractivity contribution is 7.14. The fraction of sp³-hybridized carbons (Fsp3) is 0.238. The molecule has 5 nitrogen and oxygen atoms in total. The number of amides is 1. The Bertz CT molecular complexity index is 904. The van der Waals surface area contributed by atoms with Gasteiger partial charge in [0, 0.05) is 36.3 Å². The minimum atomic E-state index is -0.164. The predicted molar refractivity (Wildman–Crippen MR) is 112 cm³/mol. The largest absolute Gasteiger partial charge is 0.494 e. The van der Waals surface area contributed by atoms with Crippen molar-refractivity contribution in [3.63, 3.8) is 0 Å². The summed E-state index contributed by atoms with van der Waals surface area (Å²) in [6.07, 6.45) is 0.981. The molecule has 0 aliphatic heterocycles. The Morgan fingerprint density at radius 2 is 1.96 bits per heavy atom. The van der Waals surface area contributed by atoms with Crippen molar-refractivity contribution in [3.05, 3.63) is 59.5 Å². The van der Waals surface area contributed by atoms with Crippen LogP contribution >= 0.6 is 11.3 Å². The highest BCUT2D eigenvalue weighted by Crippen LogP contribution is 2.27. The van der Waals surface area contributed by atoms with Crippen LogP contribution in [0.1, 0.15) is 23.7 Å². The number of carbonyl (C=O) groups excluding carboxylic acids is 1. The molecule has 0 saturated carbocycles. The molecule has 3 aromatic rings. The number of anilines is 2. The number of nitrogens with zero attached hydrogens (tertiary/aromatic N) is 2. The molecule has 3 rings (SSSR count). The van der Waals surface area contributed by atoms with Crippen LogP contribution in [0.15, 0.2) is 53.9 Å². The van der Waals surface area contributed by atoms with Gasteiger partial charge in [0.1, 0.15) is 5.75 Å². The SMILES string of the molecule is CCCOc1ccc(-c2csc(NC(=O)c3cccc(N(C)C)c3)n2)cc1. The van der Waals surface area contributed by atoms with E-state index in [1.807, 2.05) is 66.8 Å². The van der Waals surface area contributed by atoms with Gasteiger partial charge in [-0.2, -0.15) is 0 Å². The normalized spacial score (nSPS) is 10.5. The van der Waals surface area contributed by atoms with Gasteiger partial charge in [0.2, 0.25) is 0 Å². The minimum Gasteiger partial charge on any atom is -0.494 e. The molecule has 0 bridgehead atoms. The van der Waals surface area contributed by atoms with Crippen molar-refractivity contribution in [2.75, 3.05) is 30.9 Å². The Morgan fingerprint density at radius 3 is 2.67 bits per heavy atom. The maximum absolute atomic E-state index is 12.5. The number of rotatable bonds is 7. The van der Waals surface area contributed by atoms with Gasteiger partial charge in [0.15, 0.2) is 5.13 Å². The minimum absolute atomic E-state index is 0.164. The van der Waals surface area contributed by atoms with Crippen LogP contribution in [0, 0.1) is 0 Å². The van der Waals surface area contributed by atoms with E-state index in [1.165, 1.54) is 11.3 Å². The highest BCUT2D eigenvalue weighted by Gasteiger charge is 2.11. The molecule has 0 unspecified atom stereocenters. The van der Waals surface area contributed by atoms with Crippen molar-refractivity contribution in [3.8, 4) is 17.0 Å². The second-order valence-electron chi connectivity index (χ2n) is 6.31. The Hall–Kier alpha value is -2.86. The van der Waals surface area contributed by atoms with Crippen LogP contribution in [-0.2, 0) is 0 Å². The summed E-state index contributed by atoms with van der Waals surface area (Å²) in [6.45, 7) is 2.79. The zero-order valence-electron chi connectivity index (χ0n) is 15.7. The molecule has 0 saturated heterocycles. The average Bonchev–Trinajstić information content (AvgIpc) is 3.15. The number of hydrogen-bond acceptors (Lipinski definition) is 5. The Balaban J connectivity index is 1.68. The van der Waals surface area contributed by atoms with E-state index in [0.29, 0.717) is 17.3 Å². The molecular formula is C21H23N3O2S. The van der Waals surface area contributed by atoms with Gasteiger partial charge >= 0.3 is 0 Å². The smallest absolute Gasteiger partial charge is 0.257 e. The van der Waals surface area contributed by atoms with E-state index < -0.39 is 0 Å². The topological polar surface area (TPSA) is 54.5 Å². The zero-order valence-corrected chi connectivity index (χ0v) is 16.5. The van der Waals surface area contributed by atoms with Gasteiger partial charge in [-0.3, -0.25) is 10.1 Å². The fourth-order valence-corrected chi connectivity index (χ4v) is 3.21. The van der Waals surface area contributed by atoms with E-state index in [1.54, 1.807) is 6.07 Å². The first-order chi connectivity index (χ1) is 13.1. The Labute approximate surface area is 163 Å². The summed E-state index contributed by atoms with van der Waals surface area (Å²) in [5.41, 5.74) is 3.41. The van der Waals surface area contributed by atoms with Gasteiger partial charge in [0.25, 0.3) is 5.91 Å². The molecule has 0 atom stereocenters. The van der Waals surface area contributed by atoms with Crippen LogP contribution < -0.4 is 15.0 Å². The summed E-state index contributed by atoms with van der Waals surface area (Å²) >= 11 is 1.41. The fourth-order valence-electron chi connectivity index (χ4n) is 2.50. The van der Waals surface area contributed by atoms with Gasteiger partial charge in [-0.15, -0.1) is 11.3 Å². The first kappa shape index (κ1) is 18.9. The second kappa shape index (κ2) is 8.68. The molecule has 0 fully saturated rings. The first-order valence-electron chi connectivity index (χ1n) is 8.84. The lowest BCUT2D eigenvalue weighted by molar-refractivity contribution is 0.102. The summed E-state index contributed by atoms with van der Waals surface area (Å²) in [5.74, 6) is 0.688. The molecule has 27 heavy (non-hydrogen) atoms. The summed E-state index contributed by atoms with van der Waals surface area (Å²) in [7, 11) is 3.89. The van der Waals surface area contributed by atoms with Crippen LogP contribution in [0.3, 0.4) is 0 Å². The molecule has 1 amide bonds. The number of nitrogens with one attached hydrogen (secondary N) is 1. The van der Waals surface area contributed by atoms with Crippen molar-refractivity contribution in [1.29, 1.82) is 0 Å². The highest BCUT2D eigenvalue weighted by atomic mass is 32.1. The van der Waals surface area contributed by atoms with Gasteiger partial charge in [0.05, 0.1) is 12.3 Å². The van der Waals surface area contributed by atoms with Gasteiger partial charge in [-0.25, -0.2) is 4.98 Å². The van der Waals surface area contributed by atoms with E-state index >= 15 is 0 Å². The van der Waals surface area contributed by atoms with Crippen LogP contribution in [0.25, 0.3) is 11.3 Å². The summed E-state index contributed by atoms with van der Waals surface area (Å²) < 4.78 is 5.60. The molecule has 1 heterocycles. The maximum Gasteiger partial charge on any atom is 0.257 e. The Kier molecular flexibility index (Phi) is 6.08. The van der Waals surface area contributed by atoms with Crippen LogP contribution in [0.5, 0.6) is 5.75 Å². The lowest BCUT2D eigenvalue weighted by atomic mass is 10.2. The molecule has 0 aliphatic carbocycles. The van der Waals surface area contributed by atoms with Crippen LogP contribution in [-0.4, -0.2) is 31.6 Å². The molecule has 0 radical (unpaired) electrons. The van der Waals surface area contributed by atoms with Crippen molar-refractivity contribution in [1.82, 2.24) is 4.98 Å². The number of ether oxygens (including phenoxy) is 1.